The van der Waals surface area contributed by atoms with Crippen LogP contribution in [0.1, 0.15) is 24.4 Å². The normalized spacial score (nSPS) is 11.8. The number of carbonyl (C=O) groups excluding carboxylic acids is 1. The van der Waals surface area contributed by atoms with Crippen LogP contribution in [-0.4, -0.2) is 33.7 Å². The molecule has 19 heavy (non-hydrogen) atoms. The van der Waals surface area contributed by atoms with E-state index in [1.165, 1.54) is 0 Å². The van der Waals surface area contributed by atoms with Crippen molar-refractivity contribution < 1.29 is 27.1 Å². The second kappa shape index (κ2) is 6.74. The Labute approximate surface area is 123 Å². The Hall–Kier alpha value is -0.570. The molecule has 1 rings (SSSR count). The second-order valence-corrected chi connectivity index (χ2v) is 7.00. The largest absolute Gasteiger partial charge is 0.457 e. The van der Waals surface area contributed by atoms with Gasteiger partial charge >= 0.3 is 5.97 Å². The van der Waals surface area contributed by atoms with Crippen molar-refractivity contribution in [3.8, 4) is 0 Å². The fourth-order valence-corrected chi connectivity index (χ4v) is 3.14. The van der Waals surface area contributed by atoms with E-state index in [0.717, 1.165) is 6.07 Å². The summed E-state index contributed by atoms with van der Waals surface area (Å²) in [6.45, 7) is 3.98. The third-order valence-electron chi connectivity index (χ3n) is 1.89. The van der Waals surface area contributed by atoms with Gasteiger partial charge in [-0.05, 0) is 29.8 Å². The van der Waals surface area contributed by atoms with Crippen molar-refractivity contribution in [1.29, 1.82) is 0 Å². The second-order valence-electron chi connectivity index (χ2n) is 3.74. The maximum atomic E-state index is 11.6. The number of hydrogen-bond donors (Lipinski definition) is 0. The summed E-state index contributed by atoms with van der Waals surface area (Å²) in [7, 11) is 1.17. The summed E-state index contributed by atoms with van der Waals surface area (Å²) in [5.74, 6) is -1.05. The van der Waals surface area contributed by atoms with Gasteiger partial charge in [0.05, 0.1) is 12.7 Å². The topological polar surface area (TPSA) is 82.8 Å². The Morgan fingerprint density at radius 2 is 2.11 bits per heavy atom. The molecule has 0 aliphatic heterocycles. The van der Waals surface area contributed by atoms with E-state index in [9.17, 15) is 13.2 Å². The van der Waals surface area contributed by atoms with Gasteiger partial charge in [-0.25, -0.2) is 13.2 Å². The van der Waals surface area contributed by atoms with Gasteiger partial charge in [0.1, 0.15) is 11.5 Å². The molecule has 108 valence electrons. The molecule has 0 N–H and O–H groups in total. The molecule has 1 heterocycles. The molecule has 0 amide bonds. The van der Waals surface area contributed by atoms with Gasteiger partial charge in [0.2, 0.25) is 5.76 Å². The smallest absolute Gasteiger partial charge is 0.374 e. The van der Waals surface area contributed by atoms with Crippen molar-refractivity contribution in [3.63, 3.8) is 0 Å². The predicted octanol–water partition coefficient (Wildman–Crippen LogP) is 2.55. The van der Waals surface area contributed by atoms with E-state index in [1.807, 2.05) is 13.8 Å². The van der Waals surface area contributed by atoms with Gasteiger partial charge in [0.15, 0.2) is 4.67 Å². The quantitative estimate of drug-likeness (QED) is 0.432. The third-order valence-corrected chi connectivity index (χ3v) is 4.07. The zero-order valence-electron chi connectivity index (χ0n) is 10.2. The lowest BCUT2D eigenvalue weighted by atomic mass is 10.4. The van der Waals surface area contributed by atoms with Crippen LogP contribution in [0.25, 0.3) is 0 Å². The average molecular weight is 376 g/mol. The minimum absolute atomic E-state index is 0.0319. The summed E-state index contributed by atoms with van der Waals surface area (Å²) >= 11 is 2.86. The van der Waals surface area contributed by atoms with Gasteiger partial charge in [-0.1, -0.05) is 0 Å². The van der Waals surface area contributed by atoms with Gasteiger partial charge in [-0.15, -0.1) is 0 Å². The van der Waals surface area contributed by atoms with Gasteiger partial charge < -0.3 is 13.9 Å². The van der Waals surface area contributed by atoms with Gasteiger partial charge in [-0.2, -0.15) is 0 Å². The lowest BCUT2D eigenvalue weighted by Gasteiger charge is -2.07. The van der Waals surface area contributed by atoms with Crippen LogP contribution in [0.2, 0.25) is 0 Å². The molecule has 0 radical (unpaired) electrons. The lowest BCUT2D eigenvalue weighted by Crippen LogP contribution is -2.13. The summed E-state index contributed by atoms with van der Waals surface area (Å²) in [4.78, 5) is 11.2. The Morgan fingerprint density at radius 1 is 1.47 bits per heavy atom. The summed E-state index contributed by atoms with van der Waals surface area (Å²) in [5.41, 5.74) is 0. The average Bonchev–Trinajstić information content (AvgIpc) is 2.66. The van der Waals surface area contributed by atoms with Crippen LogP contribution in [0, 0.1) is 0 Å². The highest BCUT2D eigenvalue weighted by atomic mass is 79.9. The molecule has 0 atom stereocenters. The highest BCUT2D eigenvalue weighted by molar-refractivity contribution is 9.10. The SMILES string of the molecule is CC(C)OCCOC(=O)c1cc(S(=O)(=O)Cl)c(Br)o1. The number of ether oxygens (including phenoxy) is 2. The summed E-state index contributed by atoms with van der Waals surface area (Å²) in [5, 5.41) is 0. The highest BCUT2D eigenvalue weighted by Gasteiger charge is 2.23. The Balaban J connectivity index is 2.64. The first-order chi connectivity index (χ1) is 8.71. The molecule has 0 saturated carbocycles. The first-order valence-electron chi connectivity index (χ1n) is 5.24. The Morgan fingerprint density at radius 3 is 2.58 bits per heavy atom. The van der Waals surface area contributed by atoms with Crippen LogP contribution >= 0.6 is 26.6 Å². The molecular formula is C10H12BrClO6S. The molecule has 0 aliphatic carbocycles. The molecule has 0 aliphatic rings. The fraction of sp³-hybridized carbons (Fsp3) is 0.500. The molecular weight excluding hydrogens is 364 g/mol. The van der Waals surface area contributed by atoms with Gasteiger partial charge in [-0.3, -0.25) is 0 Å². The first-order valence-corrected chi connectivity index (χ1v) is 8.34. The van der Waals surface area contributed by atoms with Crippen LogP contribution in [0.4, 0.5) is 0 Å². The predicted molar refractivity (Wildman–Crippen MR) is 70.8 cm³/mol. The van der Waals surface area contributed by atoms with E-state index >= 15 is 0 Å². The number of halogens is 2. The molecule has 0 fully saturated rings. The first kappa shape index (κ1) is 16.5. The van der Waals surface area contributed by atoms with Crippen molar-refractivity contribution in [1.82, 2.24) is 0 Å². The highest BCUT2D eigenvalue weighted by Crippen LogP contribution is 2.28. The number of rotatable bonds is 6. The number of esters is 1. The Bertz CT molecular complexity index is 550. The molecule has 0 bridgehead atoms. The van der Waals surface area contributed by atoms with Crippen molar-refractivity contribution in [2.45, 2.75) is 24.8 Å². The summed E-state index contributed by atoms with van der Waals surface area (Å²) in [6, 6.07) is 0.998. The van der Waals surface area contributed by atoms with Crippen LogP contribution in [0.3, 0.4) is 0 Å². The number of hydrogen-bond acceptors (Lipinski definition) is 6. The molecule has 0 saturated heterocycles. The Kier molecular flexibility index (Phi) is 5.84. The number of carbonyl (C=O) groups is 1. The van der Waals surface area contributed by atoms with E-state index in [-0.39, 0.29) is 34.6 Å². The zero-order valence-corrected chi connectivity index (χ0v) is 13.3. The molecule has 0 unspecified atom stereocenters. The third kappa shape index (κ3) is 5.13. The molecule has 1 aromatic heterocycles. The van der Waals surface area contributed by atoms with E-state index in [1.54, 1.807) is 0 Å². The van der Waals surface area contributed by atoms with Gasteiger partial charge in [0.25, 0.3) is 9.05 Å². The van der Waals surface area contributed by atoms with Crippen molar-refractivity contribution >= 4 is 41.6 Å². The standard InChI is InChI=1S/C10H12BrClO6S/c1-6(2)16-3-4-17-10(13)7-5-8(9(11)18-7)19(12,14)15/h5-6H,3-4H2,1-2H3. The van der Waals surface area contributed by atoms with E-state index in [2.05, 4.69) is 15.9 Å². The fourth-order valence-electron chi connectivity index (χ4n) is 1.11. The maximum absolute atomic E-state index is 11.6. The van der Waals surface area contributed by atoms with Crippen molar-refractivity contribution in [2.75, 3.05) is 13.2 Å². The van der Waals surface area contributed by atoms with E-state index < -0.39 is 15.0 Å². The minimum Gasteiger partial charge on any atom is -0.457 e. The molecule has 0 spiro atoms. The van der Waals surface area contributed by atoms with E-state index in [4.69, 9.17) is 24.6 Å². The van der Waals surface area contributed by atoms with Gasteiger partial charge in [0, 0.05) is 16.7 Å². The molecule has 6 nitrogen and oxygen atoms in total. The molecule has 9 heteroatoms. The van der Waals surface area contributed by atoms with Crippen LogP contribution in [0.15, 0.2) is 20.0 Å². The number of furan rings is 1. The summed E-state index contributed by atoms with van der Waals surface area (Å²) in [6.07, 6.45) is 0.0319. The van der Waals surface area contributed by atoms with Crippen LogP contribution in [-0.2, 0) is 18.5 Å². The minimum atomic E-state index is -3.98. The molecule has 1 aromatic rings. The lowest BCUT2D eigenvalue weighted by molar-refractivity contribution is 0.0154. The maximum Gasteiger partial charge on any atom is 0.374 e. The monoisotopic (exact) mass is 374 g/mol. The summed E-state index contributed by atoms with van der Waals surface area (Å²) < 4.78 is 37.1. The van der Waals surface area contributed by atoms with Crippen molar-refractivity contribution in [2.24, 2.45) is 0 Å². The van der Waals surface area contributed by atoms with E-state index in [0.29, 0.717) is 0 Å². The zero-order chi connectivity index (χ0) is 14.6. The molecule has 0 aromatic carbocycles. The van der Waals surface area contributed by atoms with Crippen molar-refractivity contribution in [3.05, 3.63) is 16.5 Å². The van der Waals surface area contributed by atoms with Crippen LogP contribution in [0.5, 0.6) is 0 Å². The van der Waals surface area contributed by atoms with Crippen LogP contribution < -0.4 is 0 Å².